The van der Waals surface area contributed by atoms with Crippen molar-refractivity contribution in [2.24, 2.45) is 0 Å². The topological polar surface area (TPSA) is 0 Å². The Balaban J connectivity index is 2.55. The average Bonchev–Trinajstić information content (AvgIpc) is 2.06. The van der Waals surface area contributed by atoms with Crippen LogP contribution in [0.3, 0.4) is 0 Å². The third-order valence-corrected chi connectivity index (χ3v) is 3.97. The van der Waals surface area contributed by atoms with Gasteiger partial charge in [0.25, 0.3) is 0 Å². The van der Waals surface area contributed by atoms with Crippen molar-refractivity contribution >= 4 is 23.4 Å². The minimum atomic E-state index is 0.297. The van der Waals surface area contributed by atoms with E-state index in [9.17, 15) is 0 Å². The number of rotatable bonds is 0. The first-order chi connectivity index (χ1) is 6.09. The molecule has 2 rings (SSSR count). The summed E-state index contributed by atoms with van der Waals surface area (Å²) in [7, 11) is 0. The molecule has 0 amide bonds. The van der Waals surface area contributed by atoms with Crippen LogP contribution in [0.1, 0.15) is 25.8 Å². The molecule has 0 saturated carbocycles. The average molecular weight is 213 g/mol. The summed E-state index contributed by atoms with van der Waals surface area (Å²) in [6.45, 7) is 4.59. The summed E-state index contributed by atoms with van der Waals surface area (Å²) in [4.78, 5) is 1.40. The molecule has 1 aliphatic rings. The number of benzene rings is 1. The zero-order valence-electron chi connectivity index (χ0n) is 7.93. The molecule has 2 heteroatoms. The number of fused-ring (bicyclic) bond motifs is 1. The molecule has 1 aliphatic heterocycles. The lowest BCUT2D eigenvalue weighted by Gasteiger charge is -2.32. The standard InChI is InChI=1S/C11H13ClS/c1-11(2)5-6-13-10-4-3-8(12)7-9(10)11/h3-4,7H,5-6H2,1-2H3. The van der Waals surface area contributed by atoms with Gasteiger partial charge in [0.15, 0.2) is 0 Å². The second kappa shape index (κ2) is 3.21. The van der Waals surface area contributed by atoms with E-state index in [2.05, 4.69) is 26.0 Å². The second-order valence-electron chi connectivity index (χ2n) is 4.12. The van der Waals surface area contributed by atoms with Crippen molar-refractivity contribution < 1.29 is 0 Å². The minimum absolute atomic E-state index is 0.297. The minimum Gasteiger partial charge on any atom is -0.126 e. The Morgan fingerprint density at radius 3 is 2.92 bits per heavy atom. The third kappa shape index (κ3) is 1.72. The van der Waals surface area contributed by atoms with Gasteiger partial charge in [0.1, 0.15) is 0 Å². The van der Waals surface area contributed by atoms with Crippen LogP contribution in [0.4, 0.5) is 0 Å². The lowest BCUT2D eigenvalue weighted by atomic mass is 9.82. The van der Waals surface area contributed by atoms with E-state index in [-0.39, 0.29) is 0 Å². The van der Waals surface area contributed by atoms with E-state index >= 15 is 0 Å². The first-order valence-corrected chi connectivity index (χ1v) is 5.89. The maximum absolute atomic E-state index is 5.99. The Kier molecular flexibility index (Phi) is 2.33. The van der Waals surface area contributed by atoms with E-state index in [1.807, 2.05) is 17.8 Å². The van der Waals surface area contributed by atoms with E-state index in [1.165, 1.54) is 22.6 Å². The van der Waals surface area contributed by atoms with Crippen LogP contribution < -0.4 is 0 Å². The largest absolute Gasteiger partial charge is 0.126 e. The Morgan fingerprint density at radius 1 is 1.38 bits per heavy atom. The van der Waals surface area contributed by atoms with Crippen LogP contribution in [0.25, 0.3) is 0 Å². The highest BCUT2D eigenvalue weighted by Gasteiger charge is 2.27. The summed E-state index contributed by atoms with van der Waals surface area (Å²) >= 11 is 7.94. The van der Waals surface area contributed by atoms with Gasteiger partial charge >= 0.3 is 0 Å². The molecule has 0 bridgehead atoms. The molecule has 0 saturated heterocycles. The van der Waals surface area contributed by atoms with E-state index in [0.29, 0.717) is 5.41 Å². The number of hydrogen-bond donors (Lipinski definition) is 0. The fourth-order valence-corrected chi connectivity index (χ4v) is 3.37. The fourth-order valence-electron chi connectivity index (χ4n) is 1.71. The van der Waals surface area contributed by atoms with Crippen LogP contribution in [0.2, 0.25) is 5.02 Å². The predicted octanol–water partition coefficient (Wildman–Crippen LogP) is 4.11. The molecular weight excluding hydrogens is 200 g/mol. The zero-order chi connectivity index (χ0) is 9.47. The first kappa shape index (κ1) is 9.42. The molecule has 0 radical (unpaired) electrons. The Hall–Kier alpha value is -0.140. The zero-order valence-corrected chi connectivity index (χ0v) is 9.50. The summed E-state index contributed by atoms with van der Waals surface area (Å²) < 4.78 is 0. The van der Waals surface area contributed by atoms with Gasteiger partial charge in [0.05, 0.1) is 0 Å². The molecule has 1 aromatic carbocycles. The lowest BCUT2D eigenvalue weighted by molar-refractivity contribution is 0.494. The van der Waals surface area contributed by atoms with Crippen molar-refractivity contribution in [3.05, 3.63) is 28.8 Å². The molecule has 0 aromatic heterocycles. The summed E-state index contributed by atoms with van der Waals surface area (Å²) in [6, 6.07) is 6.24. The quantitative estimate of drug-likeness (QED) is 0.624. The molecule has 1 heterocycles. The molecular formula is C11H13ClS. The number of halogens is 1. The molecule has 0 aliphatic carbocycles. The van der Waals surface area contributed by atoms with Crippen LogP contribution in [-0.2, 0) is 5.41 Å². The normalized spacial score (nSPS) is 19.6. The number of hydrogen-bond acceptors (Lipinski definition) is 1. The third-order valence-electron chi connectivity index (χ3n) is 2.66. The van der Waals surface area contributed by atoms with Crippen molar-refractivity contribution in [3.8, 4) is 0 Å². The van der Waals surface area contributed by atoms with Crippen LogP contribution in [0.15, 0.2) is 23.1 Å². The predicted molar refractivity (Wildman–Crippen MR) is 59.8 cm³/mol. The highest BCUT2D eigenvalue weighted by atomic mass is 35.5. The Bertz CT molecular complexity index is 331. The molecule has 0 nitrogen and oxygen atoms in total. The second-order valence-corrected chi connectivity index (χ2v) is 5.70. The molecule has 0 atom stereocenters. The van der Waals surface area contributed by atoms with Gasteiger partial charge in [-0.3, -0.25) is 0 Å². The SMILES string of the molecule is CC1(C)CCSc2ccc(Cl)cc21. The smallest absolute Gasteiger partial charge is 0.0409 e. The van der Waals surface area contributed by atoms with Crippen LogP contribution in [-0.4, -0.2) is 5.75 Å². The van der Waals surface area contributed by atoms with E-state index in [0.717, 1.165) is 5.02 Å². The van der Waals surface area contributed by atoms with E-state index < -0.39 is 0 Å². The number of thioether (sulfide) groups is 1. The highest BCUT2D eigenvalue weighted by Crippen LogP contribution is 2.42. The first-order valence-electron chi connectivity index (χ1n) is 4.52. The van der Waals surface area contributed by atoms with Gasteiger partial charge in [0, 0.05) is 9.92 Å². The molecule has 0 spiro atoms. The van der Waals surface area contributed by atoms with Crippen LogP contribution in [0.5, 0.6) is 0 Å². The molecule has 13 heavy (non-hydrogen) atoms. The fraction of sp³-hybridized carbons (Fsp3) is 0.455. The van der Waals surface area contributed by atoms with Crippen LogP contribution >= 0.6 is 23.4 Å². The van der Waals surface area contributed by atoms with Gasteiger partial charge in [-0.1, -0.05) is 25.4 Å². The summed E-state index contributed by atoms with van der Waals surface area (Å²) in [5, 5.41) is 0.856. The van der Waals surface area contributed by atoms with Gasteiger partial charge in [-0.2, -0.15) is 0 Å². The van der Waals surface area contributed by atoms with Crippen molar-refractivity contribution in [2.45, 2.75) is 30.6 Å². The summed E-state index contributed by atoms with van der Waals surface area (Å²) in [5.74, 6) is 1.22. The molecule has 0 fully saturated rings. The molecule has 0 N–H and O–H groups in total. The molecule has 70 valence electrons. The van der Waals surface area contributed by atoms with Gasteiger partial charge in [-0.05, 0) is 41.4 Å². The van der Waals surface area contributed by atoms with Crippen LogP contribution in [0, 0.1) is 0 Å². The maximum Gasteiger partial charge on any atom is 0.0409 e. The van der Waals surface area contributed by atoms with Crippen molar-refractivity contribution in [1.29, 1.82) is 0 Å². The van der Waals surface area contributed by atoms with Crippen molar-refractivity contribution in [2.75, 3.05) is 5.75 Å². The van der Waals surface area contributed by atoms with Gasteiger partial charge < -0.3 is 0 Å². The monoisotopic (exact) mass is 212 g/mol. The Morgan fingerprint density at radius 2 is 2.15 bits per heavy atom. The summed E-state index contributed by atoms with van der Waals surface area (Å²) in [5.41, 5.74) is 1.71. The summed E-state index contributed by atoms with van der Waals surface area (Å²) in [6.07, 6.45) is 1.24. The molecule has 0 unspecified atom stereocenters. The highest BCUT2D eigenvalue weighted by molar-refractivity contribution is 7.99. The van der Waals surface area contributed by atoms with Gasteiger partial charge in [-0.25, -0.2) is 0 Å². The van der Waals surface area contributed by atoms with E-state index in [1.54, 1.807) is 0 Å². The van der Waals surface area contributed by atoms with Gasteiger partial charge in [0.2, 0.25) is 0 Å². The maximum atomic E-state index is 5.99. The van der Waals surface area contributed by atoms with Crippen molar-refractivity contribution in [1.82, 2.24) is 0 Å². The Labute approximate surface area is 88.7 Å². The van der Waals surface area contributed by atoms with E-state index in [4.69, 9.17) is 11.6 Å². The van der Waals surface area contributed by atoms with Crippen molar-refractivity contribution in [3.63, 3.8) is 0 Å². The van der Waals surface area contributed by atoms with Gasteiger partial charge in [-0.15, -0.1) is 11.8 Å². The molecule has 1 aromatic rings. The lowest BCUT2D eigenvalue weighted by Crippen LogP contribution is -2.22.